The number of nitrogens with zero attached hydrogens (tertiary/aromatic N) is 2. The highest BCUT2D eigenvalue weighted by atomic mass is 32.2. The molecule has 28 heavy (non-hydrogen) atoms. The number of H-pyrrole nitrogens is 1. The van der Waals surface area contributed by atoms with Gasteiger partial charge in [0, 0.05) is 43.1 Å². The summed E-state index contributed by atoms with van der Waals surface area (Å²) in [7, 11) is -0.955. The number of aromatic nitrogens is 2. The Bertz CT molecular complexity index is 1220. The molecule has 0 fully saturated rings. The predicted octanol–water partition coefficient (Wildman–Crippen LogP) is 1.74. The van der Waals surface area contributed by atoms with Crippen LogP contribution >= 0.6 is 0 Å². The zero-order valence-electron chi connectivity index (χ0n) is 16.1. The molecule has 148 valence electrons. The molecule has 2 N–H and O–H groups in total. The summed E-state index contributed by atoms with van der Waals surface area (Å²) in [5.74, 6) is -0.536. The lowest BCUT2D eigenvalue weighted by Gasteiger charge is -2.18. The minimum atomic E-state index is -3.90. The second kappa shape index (κ2) is 7.25. The van der Waals surface area contributed by atoms with Crippen molar-refractivity contribution in [3.8, 4) is 0 Å². The lowest BCUT2D eigenvalue weighted by atomic mass is 10.2. The van der Waals surface area contributed by atoms with Crippen LogP contribution in [0.15, 0.2) is 46.2 Å². The zero-order valence-corrected chi connectivity index (χ0v) is 16.9. The van der Waals surface area contributed by atoms with Gasteiger partial charge in [-0.05, 0) is 43.7 Å². The van der Waals surface area contributed by atoms with E-state index in [-0.39, 0.29) is 17.0 Å². The molecule has 2 aromatic heterocycles. The average molecular weight is 402 g/mol. The van der Waals surface area contributed by atoms with Crippen molar-refractivity contribution in [1.29, 1.82) is 0 Å². The van der Waals surface area contributed by atoms with Gasteiger partial charge in [0.15, 0.2) is 0 Å². The van der Waals surface area contributed by atoms with E-state index < -0.39 is 15.9 Å². The summed E-state index contributed by atoms with van der Waals surface area (Å²) in [6.45, 7) is 3.29. The Balaban J connectivity index is 1.85. The molecule has 0 saturated carbocycles. The molecular weight excluding hydrogens is 380 g/mol. The standard InChI is InChI=1S/C19H22N4O4S/c1-12-7-14-9-13(2)20-19(14)16(8-12)28(26,27)23(4)11-17(24)21-15-5-6-22(3)18(25)10-15/h5-10,20H,11H2,1-4H3,(H,21,24). The van der Waals surface area contributed by atoms with Crippen LogP contribution in [-0.4, -0.2) is 41.8 Å². The predicted molar refractivity (Wildman–Crippen MR) is 108 cm³/mol. The molecule has 1 amide bonds. The second-order valence-electron chi connectivity index (χ2n) is 6.85. The van der Waals surface area contributed by atoms with Crippen molar-refractivity contribution in [3.63, 3.8) is 0 Å². The molecule has 0 unspecified atom stereocenters. The number of aryl methyl sites for hydroxylation is 3. The number of rotatable bonds is 5. The third-order valence-electron chi connectivity index (χ3n) is 4.41. The van der Waals surface area contributed by atoms with Crippen LogP contribution in [0.3, 0.4) is 0 Å². The van der Waals surface area contributed by atoms with Crippen molar-refractivity contribution < 1.29 is 13.2 Å². The fourth-order valence-corrected chi connectivity index (χ4v) is 4.36. The van der Waals surface area contributed by atoms with Gasteiger partial charge in [-0.15, -0.1) is 0 Å². The van der Waals surface area contributed by atoms with E-state index >= 15 is 0 Å². The van der Waals surface area contributed by atoms with Crippen molar-refractivity contribution in [2.24, 2.45) is 7.05 Å². The number of likely N-dealkylation sites (N-methyl/N-ethyl adjacent to an activating group) is 1. The Morgan fingerprint density at radius 2 is 1.93 bits per heavy atom. The van der Waals surface area contributed by atoms with Crippen LogP contribution in [0.1, 0.15) is 11.3 Å². The number of carbonyl (C=O) groups is 1. The summed E-state index contributed by atoms with van der Waals surface area (Å²) in [5.41, 5.74) is 2.22. The molecule has 0 aliphatic rings. The Kier molecular flexibility index (Phi) is 5.14. The number of sulfonamides is 1. The summed E-state index contributed by atoms with van der Waals surface area (Å²) in [4.78, 5) is 27.1. The van der Waals surface area contributed by atoms with E-state index in [1.54, 1.807) is 19.2 Å². The third-order valence-corrected chi connectivity index (χ3v) is 6.24. The fraction of sp³-hybridized carbons (Fsp3) is 0.263. The molecule has 8 nitrogen and oxygen atoms in total. The number of benzene rings is 1. The van der Waals surface area contributed by atoms with Crippen LogP contribution in [-0.2, 0) is 21.9 Å². The number of hydrogen-bond donors (Lipinski definition) is 2. The van der Waals surface area contributed by atoms with E-state index in [0.717, 1.165) is 20.9 Å². The molecule has 3 aromatic rings. The van der Waals surface area contributed by atoms with E-state index in [1.165, 1.54) is 23.9 Å². The first-order chi connectivity index (χ1) is 13.1. The average Bonchev–Trinajstić information content (AvgIpc) is 2.96. The molecule has 3 rings (SSSR count). The van der Waals surface area contributed by atoms with Crippen molar-refractivity contribution in [2.45, 2.75) is 18.7 Å². The number of pyridine rings is 1. The third kappa shape index (κ3) is 3.85. The van der Waals surface area contributed by atoms with Gasteiger partial charge in [-0.1, -0.05) is 0 Å². The van der Waals surface area contributed by atoms with E-state index in [1.807, 2.05) is 26.0 Å². The molecule has 0 saturated heterocycles. The number of amides is 1. The topological polar surface area (TPSA) is 104 Å². The highest BCUT2D eigenvalue weighted by molar-refractivity contribution is 7.89. The van der Waals surface area contributed by atoms with Gasteiger partial charge < -0.3 is 14.9 Å². The molecule has 9 heteroatoms. The number of anilines is 1. The van der Waals surface area contributed by atoms with E-state index in [4.69, 9.17) is 0 Å². The molecule has 0 radical (unpaired) electrons. The molecule has 0 bridgehead atoms. The summed E-state index contributed by atoms with van der Waals surface area (Å²) in [6, 6.07) is 8.21. The Hall–Kier alpha value is -2.91. The zero-order chi connectivity index (χ0) is 20.6. The van der Waals surface area contributed by atoms with Gasteiger partial charge >= 0.3 is 0 Å². The summed E-state index contributed by atoms with van der Waals surface area (Å²) in [6.07, 6.45) is 1.52. The fourth-order valence-electron chi connectivity index (χ4n) is 2.98. The van der Waals surface area contributed by atoms with Crippen LogP contribution in [0.5, 0.6) is 0 Å². The molecule has 0 atom stereocenters. The van der Waals surface area contributed by atoms with E-state index in [0.29, 0.717) is 11.2 Å². The first-order valence-electron chi connectivity index (χ1n) is 8.61. The van der Waals surface area contributed by atoms with Gasteiger partial charge in [-0.25, -0.2) is 8.42 Å². The van der Waals surface area contributed by atoms with Crippen molar-refractivity contribution in [1.82, 2.24) is 13.9 Å². The smallest absolute Gasteiger partial charge is 0.252 e. The van der Waals surface area contributed by atoms with E-state index in [2.05, 4.69) is 10.3 Å². The van der Waals surface area contributed by atoms with E-state index in [9.17, 15) is 18.0 Å². The number of carbonyl (C=O) groups excluding carboxylic acids is 1. The maximum absolute atomic E-state index is 13.1. The van der Waals surface area contributed by atoms with Gasteiger partial charge in [0.2, 0.25) is 15.9 Å². The first-order valence-corrected chi connectivity index (χ1v) is 10.0. The van der Waals surface area contributed by atoms with Gasteiger partial charge in [-0.2, -0.15) is 4.31 Å². The van der Waals surface area contributed by atoms with Gasteiger partial charge in [0.05, 0.1) is 12.1 Å². The monoisotopic (exact) mass is 402 g/mol. The van der Waals surface area contributed by atoms with Gasteiger partial charge in [0.1, 0.15) is 4.90 Å². The normalized spacial score (nSPS) is 11.9. The van der Waals surface area contributed by atoms with Crippen LogP contribution in [0.2, 0.25) is 0 Å². The number of hydrogen-bond acceptors (Lipinski definition) is 4. The van der Waals surface area contributed by atoms with Crippen molar-refractivity contribution >= 4 is 32.5 Å². The minimum Gasteiger partial charge on any atom is -0.358 e. The SMILES string of the molecule is Cc1cc(S(=O)(=O)N(C)CC(=O)Nc2ccn(C)c(=O)c2)c2[nH]c(C)cc2c1. The minimum absolute atomic E-state index is 0.125. The molecule has 0 spiro atoms. The highest BCUT2D eigenvalue weighted by Crippen LogP contribution is 2.27. The van der Waals surface area contributed by atoms with Crippen molar-refractivity contribution in [2.75, 3.05) is 18.9 Å². The second-order valence-corrected chi connectivity index (χ2v) is 8.87. The Morgan fingerprint density at radius 3 is 2.61 bits per heavy atom. The number of aromatic amines is 1. The van der Waals surface area contributed by atoms with Crippen LogP contribution in [0.4, 0.5) is 5.69 Å². The maximum atomic E-state index is 13.1. The molecule has 1 aromatic carbocycles. The maximum Gasteiger partial charge on any atom is 0.252 e. The lowest BCUT2D eigenvalue weighted by Crippen LogP contribution is -2.35. The molecule has 2 heterocycles. The van der Waals surface area contributed by atoms with Crippen molar-refractivity contribution in [3.05, 3.63) is 58.1 Å². The molecular formula is C19H22N4O4S. The number of nitrogens with one attached hydrogen (secondary N) is 2. The molecule has 0 aliphatic carbocycles. The Labute approximate surface area is 162 Å². The quantitative estimate of drug-likeness (QED) is 0.678. The molecule has 0 aliphatic heterocycles. The van der Waals surface area contributed by atoms with Crippen LogP contribution < -0.4 is 10.9 Å². The van der Waals surface area contributed by atoms with Gasteiger partial charge in [0.25, 0.3) is 5.56 Å². The lowest BCUT2D eigenvalue weighted by molar-refractivity contribution is -0.116. The highest BCUT2D eigenvalue weighted by Gasteiger charge is 2.26. The van der Waals surface area contributed by atoms with Gasteiger partial charge in [-0.3, -0.25) is 9.59 Å². The Morgan fingerprint density at radius 1 is 1.21 bits per heavy atom. The summed E-state index contributed by atoms with van der Waals surface area (Å²) < 4.78 is 28.5. The number of fused-ring (bicyclic) bond motifs is 1. The van der Waals surface area contributed by atoms with Crippen LogP contribution in [0, 0.1) is 13.8 Å². The summed E-state index contributed by atoms with van der Waals surface area (Å²) >= 11 is 0. The first kappa shape index (κ1) is 19.8. The largest absolute Gasteiger partial charge is 0.358 e. The summed E-state index contributed by atoms with van der Waals surface area (Å²) in [5, 5.41) is 3.35. The van der Waals surface area contributed by atoms with Crippen LogP contribution in [0.25, 0.3) is 10.9 Å².